The Balaban J connectivity index is 2.36. The van der Waals surface area contributed by atoms with Crippen LogP contribution in [-0.2, 0) is 4.79 Å². The van der Waals surface area contributed by atoms with Gasteiger partial charge in [0.2, 0.25) is 0 Å². The minimum absolute atomic E-state index is 0.0602. The summed E-state index contributed by atoms with van der Waals surface area (Å²) in [4.78, 5) is 19.4. The van der Waals surface area contributed by atoms with E-state index in [0.29, 0.717) is 16.3 Å². The van der Waals surface area contributed by atoms with Gasteiger partial charge in [-0.05, 0) is 31.2 Å². The molecule has 0 saturated carbocycles. The van der Waals surface area contributed by atoms with Crippen molar-refractivity contribution in [2.24, 2.45) is 0 Å². The molecule has 2 aromatic heterocycles. The largest absolute Gasteiger partial charge is 0.299 e. The van der Waals surface area contributed by atoms with Gasteiger partial charge in [-0.25, -0.2) is 4.98 Å². The summed E-state index contributed by atoms with van der Waals surface area (Å²) >= 11 is 1.29. The van der Waals surface area contributed by atoms with E-state index in [1.54, 1.807) is 24.5 Å². The van der Waals surface area contributed by atoms with Gasteiger partial charge >= 0.3 is 0 Å². The normalized spacial score (nSPS) is 9.89. The van der Waals surface area contributed by atoms with Gasteiger partial charge in [-0.1, -0.05) is 11.8 Å². The van der Waals surface area contributed by atoms with Crippen molar-refractivity contribution in [3.05, 3.63) is 42.2 Å². The second kappa shape index (κ2) is 6.12. The van der Waals surface area contributed by atoms with E-state index in [-0.39, 0.29) is 5.78 Å². The maximum atomic E-state index is 11.0. The molecule has 0 spiro atoms. The van der Waals surface area contributed by atoms with E-state index < -0.39 is 0 Å². The lowest BCUT2D eigenvalue weighted by Gasteiger charge is -2.05. The average molecular weight is 269 g/mol. The highest BCUT2D eigenvalue weighted by Crippen LogP contribution is 2.24. The van der Waals surface area contributed by atoms with Crippen molar-refractivity contribution in [2.75, 3.05) is 5.75 Å². The first-order valence-electron chi connectivity index (χ1n) is 5.64. The van der Waals surface area contributed by atoms with Crippen molar-refractivity contribution >= 4 is 17.5 Å². The lowest BCUT2D eigenvalue weighted by molar-refractivity contribution is -0.114. The molecule has 0 atom stereocenters. The predicted molar refractivity (Wildman–Crippen MR) is 73.6 cm³/mol. The van der Waals surface area contributed by atoms with Crippen molar-refractivity contribution in [3.8, 4) is 17.3 Å². The van der Waals surface area contributed by atoms with E-state index in [1.165, 1.54) is 18.7 Å². The Morgan fingerprint density at radius 1 is 1.32 bits per heavy atom. The molecule has 0 fully saturated rings. The Bertz CT molecular complexity index is 635. The number of nitriles is 1. The number of nitrogens with zero attached hydrogens (tertiary/aromatic N) is 3. The average Bonchev–Trinajstić information content (AvgIpc) is 2.45. The number of rotatable bonds is 4. The van der Waals surface area contributed by atoms with Crippen LogP contribution < -0.4 is 0 Å². The number of ketones is 1. The smallest absolute Gasteiger partial charge is 0.140 e. The highest BCUT2D eigenvalue weighted by molar-refractivity contribution is 8.00. The van der Waals surface area contributed by atoms with Crippen LogP contribution in [0.2, 0.25) is 0 Å². The molecule has 0 aliphatic rings. The fraction of sp³-hybridized carbons (Fsp3) is 0.143. The maximum absolute atomic E-state index is 11.0. The Morgan fingerprint density at radius 3 is 2.68 bits per heavy atom. The molecular formula is C14H11N3OS. The van der Waals surface area contributed by atoms with Crippen molar-refractivity contribution < 1.29 is 4.79 Å². The number of pyridine rings is 2. The molecule has 0 radical (unpaired) electrons. The van der Waals surface area contributed by atoms with Gasteiger partial charge in [0.05, 0.1) is 17.0 Å². The lowest BCUT2D eigenvalue weighted by atomic mass is 10.1. The molecule has 0 N–H and O–H groups in total. The van der Waals surface area contributed by atoms with Gasteiger partial charge in [0, 0.05) is 18.0 Å². The Hall–Kier alpha value is -2.19. The van der Waals surface area contributed by atoms with Gasteiger partial charge in [-0.15, -0.1) is 0 Å². The van der Waals surface area contributed by atoms with E-state index in [0.717, 1.165) is 11.3 Å². The van der Waals surface area contributed by atoms with Crippen LogP contribution >= 0.6 is 11.8 Å². The zero-order valence-corrected chi connectivity index (χ0v) is 11.1. The summed E-state index contributed by atoms with van der Waals surface area (Å²) in [7, 11) is 0. The first kappa shape index (κ1) is 13.2. The molecular weight excluding hydrogens is 258 g/mol. The van der Waals surface area contributed by atoms with Crippen LogP contribution in [0.15, 0.2) is 41.7 Å². The SMILES string of the molecule is CC(=O)CSc1nc(-c2ccncc2)ccc1C#N. The molecule has 0 amide bonds. The summed E-state index contributed by atoms with van der Waals surface area (Å²) in [6.45, 7) is 1.52. The zero-order valence-electron chi connectivity index (χ0n) is 10.3. The number of Topliss-reactive ketones (excluding diaryl/α,β-unsaturated/α-hetero) is 1. The second-order valence-electron chi connectivity index (χ2n) is 3.89. The molecule has 0 unspecified atom stereocenters. The van der Waals surface area contributed by atoms with Gasteiger partial charge < -0.3 is 0 Å². The summed E-state index contributed by atoms with van der Waals surface area (Å²) in [6.07, 6.45) is 3.38. The summed E-state index contributed by atoms with van der Waals surface area (Å²) in [5, 5.41) is 9.64. The summed E-state index contributed by atoms with van der Waals surface area (Å²) in [6, 6.07) is 9.33. The van der Waals surface area contributed by atoms with Crippen LogP contribution in [0.3, 0.4) is 0 Å². The van der Waals surface area contributed by atoms with Gasteiger partial charge in [-0.3, -0.25) is 9.78 Å². The third-order valence-electron chi connectivity index (χ3n) is 2.37. The summed E-state index contributed by atoms with van der Waals surface area (Å²) < 4.78 is 0. The molecule has 19 heavy (non-hydrogen) atoms. The number of aromatic nitrogens is 2. The van der Waals surface area contributed by atoms with Crippen molar-refractivity contribution in [1.82, 2.24) is 9.97 Å². The summed E-state index contributed by atoms with van der Waals surface area (Å²) in [5.41, 5.74) is 2.20. The second-order valence-corrected chi connectivity index (χ2v) is 4.85. The third-order valence-corrected chi connectivity index (χ3v) is 3.50. The number of thioether (sulfide) groups is 1. The van der Waals surface area contributed by atoms with Crippen LogP contribution in [0.25, 0.3) is 11.3 Å². The van der Waals surface area contributed by atoms with Crippen molar-refractivity contribution in [2.45, 2.75) is 11.9 Å². The number of hydrogen-bond donors (Lipinski definition) is 0. The van der Waals surface area contributed by atoms with Crippen LogP contribution in [-0.4, -0.2) is 21.5 Å². The van der Waals surface area contributed by atoms with Gasteiger partial charge in [0.15, 0.2) is 0 Å². The Morgan fingerprint density at radius 2 is 2.05 bits per heavy atom. The molecule has 0 bridgehead atoms. The molecule has 0 aromatic carbocycles. The molecule has 2 heterocycles. The predicted octanol–water partition coefficient (Wildman–Crippen LogP) is 2.70. The Labute approximate surface area is 115 Å². The highest BCUT2D eigenvalue weighted by atomic mass is 32.2. The molecule has 0 saturated heterocycles. The number of hydrogen-bond acceptors (Lipinski definition) is 5. The van der Waals surface area contributed by atoms with Crippen molar-refractivity contribution in [3.63, 3.8) is 0 Å². The minimum Gasteiger partial charge on any atom is -0.299 e. The van der Waals surface area contributed by atoms with Crippen LogP contribution in [0.1, 0.15) is 12.5 Å². The Kier molecular flexibility index (Phi) is 4.26. The minimum atomic E-state index is 0.0602. The standard InChI is InChI=1S/C14H11N3OS/c1-10(18)9-19-14-12(8-15)2-3-13(17-14)11-4-6-16-7-5-11/h2-7H,9H2,1H3. The van der Waals surface area contributed by atoms with Crippen molar-refractivity contribution in [1.29, 1.82) is 5.26 Å². The molecule has 2 aromatic rings. The number of carbonyl (C=O) groups excluding carboxylic acids is 1. The van der Waals surface area contributed by atoms with Crippen LogP contribution in [0.5, 0.6) is 0 Å². The molecule has 5 heteroatoms. The fourth-order valence-electron chi connectivity index (χ4n) is 1.49. The first-order valence-corrected chi connectivity index (χ1v) is 6.63. The van der Waals surface area contributed by atoms with E-state index >= 15 is 0 Å². The van der Waals surface area contributed by atoms with E-state index in [4.69, 9.17) is 5.26 Å². The molecule has 0 aliphatic heterocycles. The van der Waals surface area contributed by atoms with Gasteiger partial charge in [-0.2, -0.15) is 5.26 Å². The van der Waals surface area contributed by atoms with Gasteiger partial charge in [0.1, 0.15) is 16.9 Å². The van der Waals surface area contributed by atoms with Crippen LogP contribution in [0.4, 0.5) is 0 Å². The summed E-state index contributed by atoms with van der Waals surface area (Å²) in [5.74, 6) is 0.381. The zero-order chi connectivity index (χ0) is 13.7. The molecule has 2 rings (SSSR count). The third kappa shape index (κ3) is 3.39. The van der Waals surface area contributed by atoms with E-state index in [2.05, 4.69) is 16.0 Å². The molecule has 94 valence electrons. The first-order chi connectivity index (χ1) is 9.20. The topological polar surface area (TPSA) is 66.6 Å². The quantitative estimate of drug-likeness (QED) is 0.798. The fourth-order valence-corrected chi connectivity index (χ4v) is 2.26. The van der Waals surface area contributed by atoms with E-state index in [1.807, 2.05) is 12.1 Å². The van der Waals surface area contributed by atoms with Gasteiger partial charge in [0.25, 0.3) is 0 Å². The lowest BCUT2D eigenvalue weighted by Crippen LogP contribution is -1.97. The number of carbonyl (C=O) groups is 1. The van der Waals surface area contributed by atoms with Crippen LogP contribution in [0, 0.1) is 11.3 Å². The molecule has 0 aliphatic carbocycles. The molecule has 4 nitrogen and oxygen atoms in total. The van der Waals surface area contributed by atoms with E-state index in [9.17, 15) is 4.79 Å². The monoisotopic (exact) mass is 269 g/mol. The maximum Gasteiger partial charge on any atom is 0.140 e. The highest BCUT2D eigenvalue weighted by Gasteiger charge is 2.08.